The van der Waals surface area contributed by atoms with Crippen LogP contribution in [0, 0.1) is 0 Å². The molecule has 1 aliphatic carbocycles. The van der Waals surface area contributed by atoms with E-state index in [-0.39, 0.29) is 11.3 Å². The molecule has 188 valence electrons. The van der Waals surface area contributed by atoms with E-state index in [1.165, 1.54) is 11.8 Å². The number of methoxy groups -OCH3 is 3. The number of hydrogen-bond donors (Lipinski definition) is 1. The molecular formula is C27H27BrN2O5S. The van der Waals surface area contributed by atoms with Gasteiger partial charge < -0.3 is 19.5 Å². The standard InChI is InChI=1S/C27H27BrN2O5S/c1-33-23-13-18-16-9-11-24(36-4)22(31)12-19(16)20(10-8-17(18)25(34-2)26(23)35-3)30-27(32)21-7-5-6-15(14-28)29-21/h5-7,9,11-13,20H,8,10,14H2,1-4H3,(H,30,32)/t20-/m0/s1. The fourth-order valence-electron chi connectivity index (χ4n) is 4.54. The third-order valence-corrected chi connectivity index (χ3v) is 7.58. The van der Waals surface area contributed by atoms with Gasteiger partial charge in [0.1, 0.15) is 5.69 Å². The van der Waals surface area contributed by atoms with Crippen molar-refractivity contribution in [1.82, 2.24) is 10.3 Å². The second-order valence-corrected chi connectivity index (χ2v) is 9.57. The van der Waals surface area contributed by atoms with Crippen LogP contribution in [0.25, 0.3) is 11.1 Å². The first-order chi connectivity index (χ1) is 17.4. The van der Waals surface area contributed by atoms with Gasteiger partial charge in [0.05, 0.1) is 38.0 Å². The van der Waals surface area contributed by atoms with Crippen molar-refractivity contribution in [2.24, 2.45) is 0 Å². The molecule has 0 unspecified atom stereocenters. The van der Waals surface area contributed by atoms with Crippen molar-refractivity contribution < 1.29 is 19.0 Å². The van der Waals surface area contributed by atoms with E-state index in [0.29, 0.717) is 46.0 Å². The van der Waals surface area contributed by atoms with Crippen molar-refractivity contribution in [2.75, 3.05) is 27.6 Å². The fraction of sp³-hybridized carbons (Fsp3) is 0.296. The number of benzene rings is 1. The van der Waals surface area contributed by atoms with Crippen molar-refractivity contribution in [1.29, 1.82) is 0 Å². The Morgan fingerprint density at radius 3 is 2.53 bits per heavy atom. The van der Waals surface area contributed by atoms with Crippen molar-refractivity contribution in [3.63, 3.8) is 0 Å². The maximum atomic E-state index is 13.3. The van der Waals surface area contributed by atoms with Gasteiger partial charge in [-0.15, -0.1) is 11.8 Å². The van der Waals surface area contributed by atoms with Gasteiger partial charge in [-0.05, 0) is 66.1 Å². The summed E-state index contributed by atoms with van der Waals surface area (Å²) in [5.41, 5.74) is 4.35. The highest BCUT2D eigenvalue weighted by Gasteiger charge is 2.29. The maximum absolute atomic E-state index is 13.3. The zero-order chi connectivity index (χ0) is 25.8. The van der Waals surface area contributed by atoms with Gasteiger partial charge in [0.25, 0.3) is 5.91 Å². The van der Waals surface area contributed by atoms with Gasteiger partial charge in [-0.25, -0.2) is 4.98 Å². The number of carbonyl (C=O) groups is 1. The van der Waals surface area contributed by atoms with Gasteiger partial charge in [-0.1, -0.05) is 28.1 Å². The summed E-state index contributed by atoms with van der Waals surface area (Å²) in [6.45, 7) is 0. The molecule has 36 heavy (non-hydrogen) atoms. The second kappa shape index (κ2) is 11.3. The molecule has 1 heterocycles. The summed E-state index contributed by atoms with van der Waals surface area (Å²) in [4.78, 5) is 31.4. The Morgan fingerprint density at radius 1 is 1.08 bits per heavy atom. The molecule has 2 aromatic carbocycles. The molecule has 0 fully saturated rings. The minimum atomic E-state index is -0.425. The molecule has 0 saturated carbocycles. The summed E-state index contributed by atoms with van der Waals surface area (Å²) in [7, 11) is 4.74. The summed E-state index contributed by atoms with van der Waals surface area (Å²) < 4.78 is 17.0. The third-order valence-electron chi connectivity index (χ3n) is 6.22. The summed E-state index contributed by atoms with van der Waals surface area (Å²) >= 11 is 4.78. The SMILES string of the molecule is COc1cc2c(c(OC)c1OC)CC[C@H](NC(=O)c1cccc(CBr)n1)c1cc(=O)c(SC)ccc1-2. The van der Waals surface area contributed by atoms with Crippen molar-refractivity contribution >= 4 is 33.6 Å². The Balaban J connectivity index is 1.90. The van der Waals surface area contributed by atoms with E-state index >= 15 is 0 Å². The normalized spacial score (nSPS) is 14.2. The van der Waals surface area contributed by atoms with E-state index in [9.17, 15) is 9.59 Å². The zero-order valence-corrected chi connectivity index (χ0v) is 22.9. The number of nitrogens with zero attached hydrogens (tertiary/aromatic N) is 1. The lowest BCUT2D eigenvalue weighted by Gasteiger charge is -2.19. The topological polar surface area (TPSA) is 86.8 Å². The molecule has 0 radical (unpaired) electrons. The Morgan fingerprint density at radius 2 is 1.86 bits per heavy atom. The number of amides is 1. The van der Waals surface area contributed by atoms with Crippen LogP contribution in [0.4, 0.5) is 0 Å². The van der Waals surface area contributed by atoms with Crippen LogP contribution in [0.15, 0.2) is 52.2 Å². The Labute approximate surface area is 222 Å². The van der Waals surface area contributed by atoms with Crippen molar-refractivity contribution in [2.45, 2.75) is 29.1 Å². The summed E-state index contributed by atoms with van der Waals surface area (Å²) in [5, 5.41) is 3.67. The Kier molecular flexibility index (Phi) is 8.21. The predicted octanol–water partition coefficient (Wildman–Crippen LogP) is 5.17. The van der Waals surface area contributed by atoms with Gasteiger partial charge in [-0.2, -0.15) is 0 Å². The van der Waals surface area contributed by atoms with E-state index in [1.54, 1.807) is 39.5 Å². The predicted molar refractivity (Wildman–Crippen MR) is 145 cm³/mol. The first kappa shape index (κ1) is 26.0. The van der Waals surface area contributed by atoms with Crippen LogP contribution in [0.3, 0.4) is 0 Å². The number of pyridine rings is 1. The van der Waals surface area contributed by atoms with Crippen LogP contribution in [0.2, 0.25) is 0 Å². The minimum absolute atomic E-state index is 0.0988. The lowest BCUT2D eigenvalue weighted by Crippen LogP contribution is -2.30. The van der Waals surface area contributed by atoms with Gasteiger partial charge in [0.2, 0.25) is 5.75 Å². The summed E-state index contributed by atoms with van der Waals surface area (Å²) in [5.74, 6) is 1.31. The van der Waals surface area contributed by atoms with E-state index in [0.717, 1.165) is 27.9 Å². The molecule has 4 rings (SSSR count). The lowest BCUT2D eigenvalue weighted by molar-refractivity contribution is 0.0929. The average molecular weight is 571 g/mol. The minimum Gasteiger partial charge on any atom is -0.493 e. The van der Waals surface area contributed by atoms with Crippen molar-refractivity contribution in [3.05, 3.63) is 75.2 Å². The number of nitrogens with one attached hydrogen (secondary N) is 1. The summed E-state index contributed by atoms with van der Waals surface area (Å²) in [6, 6.07) is 12.2. The molecule has 0 bridgehead atoms. The molecule has 9 heteroatoms. The van der Waals surface area contributed by atoms with Gasteiger partial charge >= 0.3 is 0 Å². The van der Waals surface area contributed by atoms with Crippen molar-refractivity contribution in [3.8, 4) is 28.4 Å². The number of fused-ring (bicyclic) bond motifs is 3. The van der Waals surface area contributed by atoms with Crippen LogP contribution in [-0.2, 0) is 11.8 Å². The Hall–Kier alpha value is -3.04. The van der Waals surface area contributed by atoms with E-state index in [4.69, 9.17) is 14.2 Å². The highest BCUT2D eigenvalue weighted by molar-refractivity contribution is 9.08. The number of ether oxygens (including phenoxy) is 3. The van der Waals surface area contributed by atoms with Crippen LogP contribution < -0.4 is 25.0 Å². The molecule has 1 aromatic heterocycles. The van der Waals surface area contributed by atoms with Crippen LogP contribution in [0.1, 0.15) is 39.8 Å². The average Bonchev–Trinajstić information content (AvgIpc) is 3.15. The molecule has 0 spiro atoms. The zero-order valence-electron chi connectivity index (χ0n) is 20.5. The lowest BCUT2D eigenvalue weighted by atomic mass is 9.96. The highest BCUT2D eigenvalue weighted by atomic mass is 79.9. The largest absolute Gasteiger partial charge is 0.493 e. The molecule has 1 amide bonds. The third kappa shape index (κ3) is 4.95. The fourth-order valence-corrected chi connectivity index (χ4v) is 5.32. The number of carbonyl (C=O) groups excluding carboxylic acids is 1. The number of halogens is 1. The number of aromatic nitrogens is 1. The van der Waals surface area contributed by atoms with E-state index in [2.05, 4.69) is 26.2 Å². The van der Waals surface area contributed by atoms with Crippen LogP contribution >= 0.6 is 27.7 Å². The first-order valence-corrected chi connectivity index (χ1v) is 13.7. The second-order valence-electron chi connectivity index (χ2n) is 8.16. The Bertz CT molecular complexity index is 1360. The molecule has 1 aliphatic rings. The van der Waals surface area contributed by atoms with Crippen LogP contribution in [-0.4, -0.2) is 38.5 Å². The van der Waals surface area contributed by atoms with Gasteiger partial charge in [-0.3, -0.25) is 9.59 Å². The number of alkyl halides is 1. The summed E-state index contributed by atoms with van der Waals surface area (Å²) in [6.07, 6.45) is 3.00. The maximum Gasteiger partial charge on any atom is 0.270 e. The smallest absolute Gasteiger partial charge is 0.270 e. The molecule has 0 saturated heterocycles. The van der Waals surface area contributed by atoms with E-state index < -0.39 is 6.04 Å². The number of hydrogen-bond acceptors (Lipinski definition) is 7. The number of thioether (sulfide) groups is 1. The monoisotopic (exact) mass is 570 g/mol. The quantitative estimate of drug-likeness (QED) is 0.310. The van der Waals surface area contributed by atoms with E-state index in [1.807, 2.05) is 30.5 Å². The molecule has 7 nitrogen and oxygen atoms in total. The molecular weight excluding hydrogens is 544 g/mol. The van der Waals surface area contributed by atoms with Gasteiger partial charge in [0, 0.05) is 10.9 Å². The molecule has 3 aromatic rings. The molecule has 0 aliphatic heterocycles. The molecule has 1 atom stereocenters. The first-order valence-electron chi connectivity index (χ1n) is 11.3. The molecule has 1 N–H and O–H groups in total. The highest BCUT2D eigenvalue weighted by Crippen LogP contribution is 2.48. The van der Waals surface area contributed by atoms with Crippen LogP contribution in [0.5, 0.6) is 17.2 Å². The number of rotatable bonds is 7. The van der Waals surface area contributed by atoms with Gasteiger partial charge in [0.15, 0.2) is 16.9 Å².